The van der Waals surface area contributed by atoms with Crippen LogP contribution >= 0.6 is 11.3 Å². The van der Waals surface area contributed by atoms with Gasteiger partial charge in [-0.25, -0.2) is 9.97 Å². The van der Waals surface area contributed by atoms with Crippen LogP contribution in [-0.4, -0.2) is 56.9 Å². The van der Waals surface area contributed by atoms with Gasteiger partial charge in [-0.15, -0.1) is 11.3 Å². The van der Waals surface area contributed by atoms with Crippen molar-refractivity contribution in [2.75, 3.05) is 13.1 Å². The summed E-state index contributed by atoms with van der Waals surface area (Å²) in [6.07, 6.45) is 12.4. The number of aliphatic carboxylic acids is 1. The number of rotatable bonds is 10. The molecule has 1 unspecified atom stereocenters. The molecule has 8 nitrogen and oxygen atoms in total. The number of carbonyl (C=O) groups is 3. The molecule has 0 bridgehead atoms. The Morgan fingerprint density at radius 1 is 1.05 bits per heavy atom. The fourth-order valence-electron chi connectivity index (χ4n) is 5.82. The summed E-state index contributed by atoms with van der Waals surface area (Å²) in [7, 11) is 0. The van der Waals surface area contributed by atoms with E-state index in [1.165, 1.54) is 41.1 Å². The number of allylic oxidation sites excluding steroid dienone is 2. The second-order valence-electron chi connectivity index (χ2n) is 13.1. The summed E-state index contributed by atoms with van der Waals surface area (Å²) >= 11 is 1.42. The lowest BCUT2D eigenvalue weighted by Crippen LogP contribution is -2.59. The number of likely N-dealkylation sites (tertiary alicyclic amines) is 1. The standard InChI is InChI=1S/C35H42N4O4S/c1-5-6-22-7-11-24(12-8-22)26-18-36-31(37-19-26)25-13-9-23(10-14-25)17-28(33(41)39-20-27(21-39)34(42)43)38-32(40)29-15-16-30(44-29)35(2,3)4/h9-11,13-16,18-19,22,27-28H,5-8,12,17,20-21H2,1-4H3,(H,38,40)(H,42,43)/t22?,28-/m0/s1. The number of carboxylic acids is 1. The maximum Gasteiger partial charge on any atom is 0.310 e. The van der Waals surface area contributed by atoms with Gasteiger partial charge in [0.05, 0.1) is 10.8 Å². The molecule has 1 aliphatic heterocycles. The molecule has 0 spiro atoms. The van der Waals surface area contributed by atoms with E-state index in [9.17, 15) is 19.5 Å². The molecule has 5 rings (SSSR count). The molecule has 3 aromatic rings. The monoisotopic (exact) mass is 614 g/mol. The Morgan fingerprint density at radius 2 is 1.75 bits per heavy atom. The number of hydrogen-bond donors (Lipinski definition) is 2. The molecular formula is C35H42N4O4S. The van der Waals surface area contributed by atoms with Crippen LogP contribution in [0.4, 0.5) is 0 Å². The number of amides is 2. The first-order chi connectivity index (χ1) is 21.0. The Bertz CT molecular complexity index is 1520. The summed E-state index contributed by atoms with van der Waals surface area (Å²) in [6, 6.07) is 10.6. The molecule has 1 aromatic carbocycles. The molecule has 2 N–H and O–H groups in total. The van der Waals surface area contributed by atoms with Gasteiger partial charge in [-0.05, 0) is 53.9 Å². The molecule has 1 saturated heterocycles. The second kappa shape index (κ2) is 13.4. The number of nitrogens with zero attached hydrogens (tertiary/aromatic N) is 3. The van der Waals surface area contributed by atoms with E-state index in [4.69, 9.17) is 0 Å². The molecule has 0 radical (unpaired) electrons. The van der Waals surface area contributed by atoms with Crippen LogP contribution in [0, 0.1) is 11.8 Å². The molecule has 44 heavy (non-hydrogen) atoms. The number of thiophene rings is 1. The van der Waals surface area contributed by atoms with E-state index in [1.54, 1.807) is 6.07 Å². The predicted molar refractivity (Wildman–Crippen MR) is 173 cm³/mol. The third-order valence-corrected chi connectivity index (χ3v) is 10.1. The average molecular weight is 615 g/mol. The minimum Gasteiger partial charge on any atom is -0.481 e. The summed E-state index contributed by atoms with van der Waals surface area (Å²) < 4.78 is 0. The van der Waals surface area contributed by atoms with Crippen LogP contribution in [0.15, 0.2) is 54.9 Å². The SMILES string of the molecule is CCCC1CC=C(c2cnc(-c3ccc(C[C@H](NC(=O)c4ccc(C(C)(C)C)s4)C(=O)N4CC(C(=O)O)C4)cc3)nc2)CC1. The topological polar surface area (TPSA) is 112 Å². The lowest BCUT2D eigenvalue weighted by Gasteiger charge is -2.38. The van der Waals surface area contributed by atoms with E-state index in [2.05, 4.69) is 49.1 Å². The number of nitrogens with one attached hydrogen (secondary N) is 1. The average Bonchev–Trinajstić information content (AvgIpc) is 3.49. The van der Waals surface area contributed by atoms with E-state index in [0.29, 0.717) is 10.7 Å². The van der Waals surface area contributed by atoms with Gasteiger partial charge in [0.2, 0.25) is 5.91 Å². The van der Waals surface area contributed by atoms with Crippen LogP contribution in [0.5, 0.6) is 0 Å². The Balaban J connectivity index is 1.27. The van der Waals surface area contributed by atoms with Crippen molar-refractivity contribution < 1.29 is 19.5 Å². The summed E-state index contributed by atoms with van der Waals surface area (Å²) in [5, 5.41) is 12.2. The summed E-state index contributed by atoms with van der Waals surface area (Å²) in [6.45, 7) is 8.82. The van der Waals surface area contributed by atoms with E-state index < -0.39 is 17.9 Å². The van der Waals surface area contributed by atoms with Crippen molar-refractivity contribution in [3.63, 3.8) is 0 Å². The van der Waals surface area contributed by atoms with Crippen molar-refractivity contribution in [2.24, 2.45) is 11.8 Å². The number of aromatic nitrogens is 2. The highest BCUT2D eigenvalue weighted by Gasteiger charge is 2.39. The normalized spacial score (nSPS) is 17.9. The van der Waals surface area contributed by atoms with Crippen molar-refractivity contribution >= 4 is 34.7 Å². The van der Waals surface area contributed by atoms with Gasteiger partial charge in [0.25, 0.3) is 5.91 Å². The quantitative estimate of drug-likeness (QED) is 0.275. The number of carboxylic acid groups (broad SMARTS) is 1. The fraction of sp³-hybridized carbons (Fsp3) is 0.457. The molecule has 232 valence electrons. The van der Waals surface area contributed by atoms with Crippen LogP contribution in [0.2, 0.25) is 0 Å². The number of hydrogen-bond acceptors (Lipinski definition) is 6. The zero-order valence-electron chi connectivity index (χ0n) is 26.0. The Labute approximate surface area is 263 Å². The van der Waals surface area contributed by atoms with Gasteiger partial charge in [-0.3, -0.25) is 14.4 Å². The zero-order chi connectivity index (χ0) is 31.4. The molecule has 1 aliphatic carbocycles. The minimum absolute atomic E-state index is 0.0846. The molecular weight excluding hydrogens is 572 g/mol. The van der Waals surface area contributed by atoms with Crippen LogP contribution < -0.4 is 5.32 Å². The van der Waals surface area contributed by atoms with Crippen molar-refractivity contribution in [1.29, 1.82) is 0 Å². The predicted octanol–water partition coefficient (Wildman–Crippen LogP) is 6.37. The van der Waals surface area contributed by atoms with Gasteiger partial charge in [-0.2, -0.15) is 0 Å². The zero-order valence-corrected chi connectivity index (χ0v) is 26.8. The molecule has 2 aliphatic rings. The first kappa shape index (κ1) is 31.6. The highest BCUT2D eigenvalue weighted by atomic mass is 32.1. The lowest BCUT2D eigenvalue weighted by atomic mass is 9.85. The van der Waals surface area contributed by atoms with Crippen molar-refractivity contribution in [3.05, 3.63) is 75.7 Å². The number of carbonyl (C=O) groups excluding carboxylic acids is 2. The van der Waals surface area contributed by atoms with E-state index in [1.807, 2.05) is 42.7 Å². The molecule has 2 aromatic heterocycles. The van der Waals surface area contributed by atoms with Crippen LogP contribution in [0.1, 0.15) is 85.5 Å². The maximum absolute atomic E-state index is 13.4. The van der Waals surface area contributed by atoms with Crippen molar-refractivity contribution in [2.45, 2.75) is 77.7 Å². The smallest absolute Gasteiger partial charge is 0.310 e. The largest absolute Gasteiger partial charge is 0.481 e. The molecule has 3 heterocycles. The van der Waals surface area contributed by atoms with E-state index in [0.717, 1.165) is 40.3 Å². The molecule has 2 amide bonds. The molecule has 1 fully saturated rings. The highest BCUT2D eigenvalue weighted by molar-refractivity contribution is 7.14. The molecule has 0 saturated carbocycles. The minimum atomic E-state index is -0.912. The van der Waals surface area contributed by atoms with Gasteiger partial charge >= 0.3 is 5.97 Å². The van der Waals surface area contributed by atoms with Crippen molar-refractivity contribution in [3.8, 4) is 11.4 Å². The lowest BCUT2D eigenvalue weighted by molar-refractivity contribution is -0.153. The third-order valence-electron chi connectivity index (χ3n) is 8.61. The van der Waals surface area contributed by atoms with E-state index >= 15 is 0 Å². The Kier molecular flexibility index (Phi) is 9.63. The third kappa shape index (κ3) is 7.44. The summed E-state index contributed by atoms with van der Waals surface area (Å²) in [4.78, 5) is 50.4. The van der Waals surface area contributed by atoms with Gasteiger partial charge in [0.1, 0.15) is 6.04 Å². The van der Waals surface area contributed by atoms with Gasteiger partial charge < -0.3 is 15.3 Å². The van der Waals surface area contributed by atoms with Gasteiger partial charge in [-0.1, -0.05) is 70.9 Å². The van der Waals surface area contributed by atoms with Gasteiger partial charge in [0.15, 0.2) is 5.82 Å². The molecule has 2 atom stereocenters. The fourth-order valence-corrected chi connectivity index (χ4v) is 6.78. The number of benzene rings is 1. The maximum atomic E-state index is 13.4. The van der Waals surface area contributed by atoms with Crippen LogP contribution in [-0.2, 0) is 21.4 Å². The highest BCUT2D eigenvalue weighted by Crippen LogP contribution is 2.32. The first-order valence-corrected chi connectivity index (χ1v) is 16.4. The Hall–Kier alpha value is -3.85. The van der Waals surface area contributed by atoms with Crippen LogP contribution in [0.25, 0.3) is 17.0 Å². The first-order valence-electron chi connectivity index (χ1n) is 15.5. The van der Waals surface area contributed by atoms with E-state index in [-0.39, 0.29) is 36.7 Å². The molecule has 9 heteroatoms. The van der Waals surface area contributed by atoms with Crippen molar-refractivity contribution in [1.82, 2.24) is 20.2 Å². The van der Waals surface area contributed by atoms with Gasteiger partial charge in [0, 0.05) is 47.9 Å². The van der Waals surface area contributed by atoms with Crippen LogP contribution in [0.3, 0.4) is 0 Å². The second-order valence-corrected chi connectivity index (χ2v) is 14.2. The summed E-state index contributed by atoms with van der Waals surface area (Å²) in [5.41, 5.74) is 4.06. The summed E-state index contributed by atoms with van der Waals surface area (Å²) in [5.74, 6) is -0.642. The Morgan fingerprint density at radius 3 is 2.32 bits per heavy atom.